The van der Waals surface area contributed by atoms with E-state index in [0.717, 1.165) is 4.90 Å². The first kappa shape index (κ1) is 30.7. The first-order chi connectivity index (χ1) is 20.2. The molecule has 0 spiro atoms. The van der Waals surface area contributed by atoms with Gasteiger partial charge in [0, 0.05) is 21.2 Å². The number of hydrogen-bond donors (Lipinski definition) is 3. The number of hydrogen-bond acceptors (Lipinski definition) is 5. The molecule has 0 aliphatic heterocycles. The molecule has 7 nitrogen and oxygen atoms in total. The largest absolute Gasteiger partial charge is 0.497 e. The highest BCUT2D eigenvalue weighted by Crippen LogP contribution is 2.29. The lowest BCUT2D eigenvalue weighted by Gasteiger charge is -2.14. The molecule has 3 N–H and O–H groups in total. The number of carbonyl (C=O) groups is 3. The Morgan fingerprint density at radius 3 is 2.19 bits per heavy atom. The van der Waals surface area contributed by atoms with Crippen molar-refractivity contribution in [2.75, 3.05) is 17.7 Å². The highest BCUT2D eigenvalue weighted by Gasteiger charge is 2.18. The van der Waals surface area contributed by atoms with Crippen LogP contribution in [0.1, 0.15) is 22.8 Å². The third kappa shape index (κ3) is 8.63. The highest BCUT2D eigenvalue weighted by atomic mass is 35.5. The first-order valence-electron chi connectivity index (χ1n) is 12.8. The zero-order valence-corrected chi connectivity index (χ0v) is 25.0. The van der Waals surface area contributed by atoms with Crippen molar-refractivity contribution < 1.29 is 19.1 Å². The van der Waals surface area contributed by atoms with Gasteiger partial charge < -0.3 is 20.7 Å². The van der Waals surface area contributed by atoms with Gasteiger partial charge in [-0.2, -0.15) is 0 Å². The maximum absolute atomic E-state index is 13.3. The fourth-order valence-electron chi connectivity index (χ4n) is 3.71. The zero-order chi connectivity index (χ0) is 30.1. The minimum atomic E-state index is -0.497. The smallest absolute Gasteiger partial charge is 0.272 e. The molecule has 0 saturated carbocycles. The van der Waals surface area contributed by atoms with Crippen LogP contribution in [0.5, 0.6) is 5.75 Å². The van der Waals surface area contributed by atoms with Crippen LogP contribution in [0.2, 0.25) is 10.0 Å². The van der Waals surface area contributed by atoms with E-state index in [2.05, 4.69) is 16.0 Å². The number of nitrogens with one attached hydrogen (secondary N) is 3. The van der Waals surface area contributed by atoms with Crippen LogP contribution in [-0.2, 0) is 9.59 Å². The number of methoxy groups -OCH3 is 1. The number of thioether (sulfide) groups is 1. The Balaban J connectivity index is 1.43. The second-order valence-electron chi connectivity index (χ2n) is 9.00. The van der Waals surface area contributed by atoms with E-state index in [0.29, 0.717) is 38.3 Å². The molecule has 0 fully saturated rings. The molecule has 0 saturated heterocycles. The molecule has 1 unspecified atom stereocenters. The van der Waals surface area contributed by atoms with Crippen molar-refractivity contribution in [3.8, 4) is 5.75 Å². The van der Waals surface area contributed by atoms with E-state index in [4.69, 9.17) is 27.9 Å². The van der Waals surface area contributed by atoms with Gasteiger partial charge in [-0.1, -0.05) is 53.5 Å². The van der Waals surface area contributed by atoms with E-state index in [-0.39, 0.29) is 11.6 Å². The van der Waals surface area contributed by atoms with Gasteiger partial charge in [0.25, 0.3) is 11.8 Å². The molecule has 3 amide bonds. The van der Waals surface area contributed by atoms with Gasteiger partial charge in [0.1, 0.15) is 11.4 Å². The summed E-state index contributed by atoms with van der Waals surface area (Å²) in [5.74, 6) is -0.457. The molecular formula is C32H27Cl2N3O4S. The maximum Gasteiger partial charge on any atom is 0.272 e. The van der Waals surface area contributed by atoms with Gasteiger partial charge in [-0.25, -0.2) is 0 Å². The van der Waals surface area contributed by atoms with Gasteiger partial charge in [-0.15, -0.1) is 11.8 Å². The molecule has 0 aliphatic rings. The minimum absolute atomic E-state index is 0.0682. The molecule has 0 heterocycles. The molecular weight excluding hydrogens is 593 g/mol. The molecule has 4 rings (SSSR count). The van der Waals surface area contributed by atoms with Crippen molar-refractivity contribution in [2.45, 2.75) is 17.1 Å². The molecule has 0 aromatic heterocycles. The van der Waals surface area contributed by atoms with Crippen LogP contribution >= 0.6 is 35.0 Å². The van der Waals surface area contributed by atoms with Crippen LogP contribution in [-0.4, -0.2) is 30.1 Å². The van der Waals surface area contributed by atoms with E-state index in [9.17, 15) is 14.4 Å². The third-order valence-corrected chi connectivity index (χ3v) is 7.60. The summed E-state index contributed by atoms with van der Waals surface area (Å²) < 4.78 is 5.20. The Kier molecular flexibility index (Phi) is 10.7. The molecule has 42 heavy (non-hydrogen) atoms. The Morgan fingerprint density at radius 1 is 0.857 bits per heavy atom. The average Bonchev–Trinajstić information content (AvgIpc) is 2.99. The summed E-state index contributed by atoms with van der Waals surface area (Å²) in [6.07, 6.45) is 1.59. The Hall–Kier alpha value is -4.24. The highest BCUT2D eigenvalue weighted by molar-refractivity contribution is 8.00. The Morgan fingerprint density at radius 2 is 1.55 bits per heavy atom. The van der Waals surface area contributed by atoms with Gasteiger partial charge in [0.2, 0.25) is 5.91 Å². The summed E-state index contributed by atoms with van der Waals surface area (Å²) >= 11 is 13.4. The quantitative estimate of drug-likeness (QED) is 0.126. The number of amides is 3. The van der Waals surface area contributed by atoms with Crippen molar-refractivity contribution in [2.24, 2.45) is 0 Å². The van der Waals surface area contributed by atoms with Crippen LogP contribution < -0.4 is 20.7 Å². The van der Waals surface area contributed by atoms with Crippen LogP contribution in [0.4, 0.5) is 11.4 Å². The summed E-state index contributed by atoms with van der Waals surface area (Å²) in [6, 6.07) is 27.7. The Labute approximate surface area is 258 Å². The number of carbonyl (C=O) groups excluding carboxylic acids is 3. The van der Waals surface area contributed by atoms with E-state index in [1.165, 1.54) is 11.8 Å². The zero-order valence-electron chi connectivity index (χ0n) is 22.7. The number of halogens is 2. The summed E-state index contributed by atoms with van der Waals surface area (Å²) in [6.45, 7) is 1.78. The summed E-state index contributed by atoms with van der Waals surface area (Å²) in [4.78, 5) is 39.7. The van der Waals surface area contributed by atoms with Crippen LogP contribution in [0.3, 0.4) is 0 Å². The van der Waals surface area contributed by atoms with Crippen molar-refractivity contribution >= 4 is 70.1 Å². The van der Waals surface area contributed by atoms with Crippen molar-refractivity contribution in [3.63, 3.8) is 0 Å². The minimum Gasteiger partial charge on any atom is -0.497 e. The Bertz CT molecular complexity index is 1590. The van der Waals surface area contributed by atoms with Crippen LogP contribution in [0, 0.1) is 0 Å². The lowest BCUT2D eigenvalue weighted by atomic mass is 10.1. The molecule has 214 valence electrons. The lowest BCUT2D eigenvalue weighted by Crippen LogP contribution is -2.30. The summed E-state index contributed by atoms with van der Waals surface area (Å²) in [5.41, 5.74) is 2.19. The fourth-order valence-corrected chi connectivity index (χ4v) is 5.03. The SMILES string of the molecule is COc1ccc(/C=C(\NC(=O)c2ccccc2)C(=O)Nc2ccc(SC(C)C(=O)Nc3ccc(Cl)cc3Cl)cc2)cc1. The standard InChI is InChI=1S/C32H27Cl2N3O4S/c1-20(30(38)36-28-17-10-23(33)19-27(28)34)42-26-15-11-24(12-16-26)35-32(40)29(18-21-8-13-25(41-2)14-9-21)37-31(39)22-6-4-3-5-7-22/h3-20H,1-2H3,(H,35,40)(H,36,38)(H,37,39)/b29-18-. The normalized spacial score (nSPS) is 11.8. The predicted octanol–water partition coefficient (Wildman–Crippen LogP) is 7.53. The molecule has 0 aliphatic carbocycles. The molecule has 10 heteroatoms. The fraction of sp³-hybridized carbons (Fsp3) is 0.0938. The topological polar surface area (TPSA) is 96.5 Å². The van der Waals surface area contributed by atoms with E-state index in [1.807, 2.05) is 6.07 Å². The molecule has 4 aromatic rings. The van der Waals surface area contributed by atoms with Gasteiger partial charge in [0.15, 0.2) is 0 Å². The summed E-state index contributed by atoms with van der Waals surface area (Å²) in [7, 11) is 1.57. The van der Waals surface area contributed by atoms with Crippen molar-refractivity contribution in [1.82, 2.24) is 5.32 Å². The maximum atomic E-state index is 13.3. The van der Waals surface area contributed by atoms with E-state index >= 15 is 0 Å². The van der Waals surface area contributed by atoms with Crippen molar-refractivity contribution in [1.29, 1.82) is 0 Å². The second-order valence-corrected chi connectivity index (χ2v) is 11.3. The van der Waals surface area contributed by atoms with E-state index in [1.54, 1.807) is 111 Å². The number of benzene rings is 4. The second kappa shape index (κ2) is 14.6. The van der Waals surface area contributed by atoms with Gasteiger partial charge in [-0.05, 0) is 85.3 Å². The molecule has 0 bridgehead atoms. The lowest BCUT2D eigenvalue weighted by molar-refractivity contribution is -0.115. The van der Waals surface area contributed by atoms with Crippen molar-refractivity contribution in [3.05, 3.63) is 124 Å². The first-order valence-corrected chi connectivity index (χ1v) is 14.4. The average molecular weight is 621 g/mol. The van der Waals surface area contributed by atoms with Crippen LogP contribution in [0.15, 0.2) is 108 Å². The monoisotopic (exact) mass is 619 g/mol. The molecule has 0 radical (unpaired) electrons. The predicted molar refractivity (Wildman–Crippen MR) is 170 cm³/mol. The number of ether oxygens (including phenoxy) is 1. The van der Waals surface area contributed by atoms with Crippen LogP contribution in [0.25, 0.3) is 6.08 Å². The summed E-state index contributed by atoms with van der Waals surface area (Å²) in [5, 5.41) is 8.76. The van der Waals surface area contributed by atoms with Gasteiger partial charge in [0.05, 0.1) is 23.1 Å². The third-order valence-electron chi connectivity index (χ3n) is 5.94. The number of anilines is 2. The molecule has 1 atom stereocenters. The number of rotatable bonds is 10. The molecule has 4 aromatic carbocycles. The van der Waals surface area contributed by atoms with E-state index < -0.39 is 17.1 Å². The van der Waals surface area contributed by atoms with Gasteiger partial charge >= 0.3 is 0 Å². The van der Waals surface area contributed by atoms with Gasteiger partial charge in [-0.3, -0.25) is 14.4 Å².